The van der Waals surface area contributed by atoms with Gasteiger partial charge in [-0.05, 0) is 72.0 Å². The third-order valence-corrected chi connectivity index (χ3v) is 8.65. The molecule has 0 unspecified atom stereocenters. The van der Waals surface area contributed by atoms with E-state index in [4.69, 9.17) is 0 Å². The summed E-state index contributed by atoms with van der Waals surface area (Å²) in [6, 6.07) is 49.1. The molecule has 0 saturated carbocycles. The Bertz CT molecular complexity index is 2230. The Morgan fingerprint density at radius 3 is 1.66 bits per heavy atom. The number of aromatic nitrogens is 2. The van der Waals surface area contributed by atoms with Crippen molar-refractivity contribution in [3.63, 3.8) is 0 Å². The van der Waals surface area contributed by atoms with Gasteiger partial charge in [-0.2, -0.15) is 0 Å². The molecule has 0 fully saturated rings. The number of hydrogen-bond donors (Lipinski definition) is 0. The maximum absolute atomic E-state index is 2.42. The molecule has 8 aromatic rings. The molecular weight excluding hydrogens is 496 g/mol. The molecule has 0 N–H and O–H groups in total. The third-order valence-electron chi connectivity index (χ3n) is 8.65. The lowest BCUT2D eigenvalue weighted by Gasteiger charge is -2.11. The van der Waals surface area contributed by atoms with Crippen LogP contribution in [0.15, 0.2) is 133 Å². The van der Waals surface area contributed by atoms with Crippen molar-refractivity contribution in [2.75, 3.05) is 0 Å². The molecule has 2 nitrogen and oxygen atoms in total. The van der Waals surface area contributed by atoms with E-state index in [1.54, 1.807) is 0 Å². The topological polar surface area (TPSA) is 9.86 Å². The number of aryl methyl sites for hydroxylation is 2. The third kappa shape index (κ3) is 3.87. The summed E-state index contributed by atoms with van der Waals surface area (Å²) >= 11 is 0. The van der Waals surface area contributed by atoms with Crippen molar-refractivity contribution in [2.24, 2.45) is 7.05 Å². The number of hydrogen-bond acceptors (Lipinski definition) is 0. The molecule has 2 heterocycles. The average molecular weight is 527 g/mol. The zero-order valence-corrected chi connectivity index (χ0v) is 23.3. The van der Waals surface area contributed by atoms with Gasteiger partial charge in [-0.15, -0.1) is 0 Å². The van der Waals surface area contributed by atoms with E-state index in [9.17, 15) is 0 Å². The van der Waals surface area contributed by atoms with E-state index in [0.29, 0.717) is 0 Å². The van der Waals surface area contributed by atoms with Gasteiger partial charge in [0, 0.05) is 45.3 Å². The number of para-hydroxylation sites is 2. The SMILES string of the molecule is Cc1ccc(Cc2ccc(-n3c4ccccc4c4ccc(-c5ccc6c7ccccc7n(C)c6c5)cc43)cc2)cc1. The monoisotopic (exact) mass is 526 g/mol. The summed E-state index contributed by atoms with van der Waals surface area (Å²) in [5.41, 5.74) is 12.6. The molecule has 0 aliphatic heterocycles. The predicted molar refractivity (Wildman–Crippen MR) is 174 cm³/mol. The molecule has 0 saturated heterocycles. The normalized spacial score (nSPS) is 11.8. The van der Waals surface area contributed by atoms with Gasteiger partial charge in [-0.1, -0.05) is 103 Å². The fraction of sp³-hybridized carbons (Fsp3) is 0.0769. The molecule has 2 aromatic heterocycles. The van der Waals surface area contributed by atoms with Crippen LogP contribution in [0, 0.1) is 6.92 Å². The standard InChI is InChI=1S/C39H30N2/c1-26-11-13-27(14-12-26)23-28-15-19-31(20-16-28)41-37-10-6-4-8-33(37)35-22-18-30(25-39(35)41)29-17-21-34-32-7-3-5-9-36(32)40(2)38(34)24-29/h3-22,24-25H,23H2,1-2H3. The zero-order chi connectivity index (χ0) is 27.5. The quantitative estimate of drug-likeness (QED) is 0.216. The van der Waals surface area contributed by atoms with Crippen LogP contribution in [0.3, 0.4) is 0 Å². The van der Waals surface area contributed by atoms with E-state index in [1.807, 2.05) is 0 Å². The Labute approximate surface area is 239 Å². The van der Waals surface area contributed by atoms with Crippen LogP contribution in [0.1, 0.15) is 16.7 Å². The molecule has 0 bridgehead atoms. The minimum absolute atomic E-state index is 0.939. The zero-order valence-electron chi connectivity index (χ0n) is 23.3. The summed E-state index contributed by atoms with van der Waals surface area (Å²) in [4.78, 5) is 0. The van der Waals surface area contributed by atoms with Gasteiger partial charge in [0.05, 0.1) is 11.0 Å². The molecule has 0 aliphatic carbocycles. The van der Waals surface area contributed by atoms with E-state index < -0.39 is 0 Å². The molecule has 2 heteroatoms. The largest absolute Gasteiger partial charge is 0.344 e. The second-order valence-corrected chi connectivity index (χ2v) is 11.2. The summed E-state index contributed by atoms with van der Waals surface area (Å²) in [5, 5.41) is 5.16. The molecule has 0 amide bonds. The molecule has 0 radical (unpaired) electrons. The maximum atomic E-state index is 2.42. The van der Waals surface area contributed by atoms with E-state index >= 15 is 0 Å². The Kier molecular flexibility index (Phi) is 5.36. The minimum Gasteiger partial charge on any atom is -0.344 e. The minimum atomic E-state index is 0.939. The molecule has 6 aromatic carbocycles. The maximum Gasteiger partial charge on any atom is 0.0547 e. The Morgan fingerprint density at radius 2 is 0.976 bits per heavy atom. The van der Waals surface area contributed by atoms with Crippen LogP contribution in [0.4, 0.5) is 0 Å². The van der Waals surface area contributed by atoms with Crippen LogP contribution >= 0.6 is 0 Å². The summed E-state index contributed by atoms with van der Waals surface area (Å²) in [5.74, 6) is 0. The van der Waals surface area contributed by atoms with E-state index in [0.717, 1.165) is 6.42 Å². The molecule has 0 spiro atoms. The molecule has 0 aliphatic rings. The van der Waals surface area contributed by atoms with Crippen LogP contribution in [0.25, 0.3) is 60.4 Å². The van der Waals surface area contributed by atoms with E-state index in [1.165, 1.54) is 77.1 Å². The van der Waals surface area contributed by atoms with Crippen molar-refractivity contribution in [3.8, 4) is 16.8 Å². The molecule has 8 rings (SSSR count). The highest BCUT2D eigenvalue weighted by Gasteiger charge is 2.14. The van der Waals surface area contributed by atoms with Crippen molar-refractivity contribution >= 4 is 43.6 Å². The number of benzene rings is 6. The number of rotatable bonds is 4. The smallest absolute Gasteiger partial charge is 0.0547 e. The van der Waals surface area contributed by atoms with Gasteiger partial charge >= 0.3 is 0 Å². The summed E-state index contributed by atoms with van der Waals surface area (Å²) in [6.07, 6.45) is 0.939. The van der Waals surface area contributed by atoms with Crippen molar-refractivity contribution in [1.82, 2.24) is 9.13 Å². The highest BCUT2D eigenvalue weighted by atomic mass is 15.0. The highest BCUT2D eigenvalue weighted by Crippen LogP contribution is 2.36. The first-order chi connectivity index (χ1) is 20.1. The first-order valence-electron chi connectivity index (χ1n) is 14.3. The fourth-order valence-corrected chi connectivity index (χ4v) is 6.47. The first-order valence-corrected chi connectivity index (χ1v) is 14.3. The van der Waals surface area contributed by atoms with Crippen molar-refractivity contribution < 1.29 is 0 Å². The summed E-state index contributed by atoms with van der Waals surface area (Å²) < 4.78 is 4.72. The highest BCUT2D eigenvalue weighted by molar-refractivity contribution is 6.11. The van der Waals surface area contributed by atoms with Gasteiger partial charge in [0.15, 0.2) is 0 Å². The van der Waals surface area contributed by atoms with E-state index in [2.05, 4.69) is 157 Å². The van der Waals surface area contributed by atoms with E-state index in [-0.39, 0.29) is 0 Å². The second-order valence-electron chi connectivity index (χ2n) is 11.2. The van der Waals surface area contributed by atoms with Gasteiger partial charge in [0.2, 0.25) is 0 Å². The Morgan fingerprint density at radius 1 is 0.463 bits per heavy atom. The fourth-order valence-electron chi connectivity index (χ4n) is 6.47. The number of nitrogens with zero attached hydrogens (tertiary/aromatic N) is 2. The molecular formula is C39H30N2. The second kappa shape index (κ2) is 9.25. The van der Waals surface area contributed by atoms with Crippen LogP contribution < -0.4 is 0 Å². The lowest BCUT2D eigenvalue weighted by atomic mass is 10.0. The van der Waals surface area contributed by atoms with Crippen molar-refractivity contribution in [1.29, 1.82) is 0 Å². The van der Waals surface area contributed by atoms with Gasteiger partial charge in [-0.3, -0.25) is 0 Å². The summed E-state index contributed by atoms with van der Waals surface area (Å²) in [7, 11) is 2.16. The predicted octanol–water partition coefficient (Wildman–Crippen LogP) is 9.99. The van der Waals surface area contributed by atoms with Crippen molar-refractivity contribution in [3.05, 3.63) is 150 Å². The van der Waals surface area contributed by atoms with Crippen LogP contribution in [0.5, 0.6) is 0 Å². The van der Waals surface area contributed by atoms with Gasteiger partial charge in [-0.25, -0.2) is 0 Å². The van der Waals surface area contributed by atoms with Crippen molar-refractivity contribution in [2.45, 2.75) is 13.3 Å². The van der Waals surface area contributed by atoms with Gasteiger partial charge in [0.1, 0.15) is 0 Å². The first kappa shape index (κ1) is 23.8. The summed E-state index contributed by atoms with van der Waals surface area (Å²) in [6.45, 7) is 2.14. The molecule has 41 heavy (non-hydrogen) atoms. The molecule has 196 valence electrons. The molecule has 0 atom stereocenters. The van der Waals surface area contributed by atoms with Gasteiger partial charge < -0.3 is 9.13 Å². The number of fused-ring (bicyclic) bond motifs is 6. The Balaban J connectivity index is 1.25. The van der Waals surface area contributed by atoms with Crippen LogP contribution in [-0.2, 0) is 13.5 Å². The van der Waals surface area contributed by atoms with Crippen LogP contribution in [0.2, 0.25) is 0 Å². The average Bonchev–Trinajstić information content (AvgIpc) is 3.50. The Hall–Kier alpha value is -5.08. The van der Waals surface area contributed by atoms with Gasteiger partial charge in [0.25, 0.3) is 0 Å². The van der Waals surface area contributed by atoms with Crippen LogP contribution in [-0.4, -0.2) is 9.13 Å². The lowest BCUT2D eigenvalue weighted by molar-refractivity contribution is 1.01. The lowest BCUT2D eigenvalue weighted by Crippen LogP contribution is -1.95.